The van der Waals surface area contributed by atoms with Gasteiger partial charge in [0.1, 0.15) is 23.0 Å². The van der Waals surface area contributed by atoms with E-state index in [4.69, 9.17) is 23.7 Å². The summed E-state index contributed by atoms with van der Waals surface area (Å²) >= 11 is 0. The molecule has 8 nitrogen and oxygen atoms in total. The van der Waals surface area contributed by atoms with E-state index in [9.17, 15) is 14.7 Å². The lowest BCUT2D eigenvalue weighted by atomic mass is 9.82. The van der Waals surface area contributed by atoms with Crippen molar-refractivity contribution in [2.24, 2.45) is 17.8 Å². The standard InChI is InChI=1S/C34H44O8/c1-38-26-10-12-28(13-11-26)40-30-16-20-32(21-17-30)42-34(37)25-6-4-24(5-7-25)33(36)41-31-18-14-29(15-19-31)39-27-8-2-23(22-35)3-9-27/h14-21,23-28,35H,2-13,22H2,1H3/t23?,24-,25-,26?,27?,28?. The Morgan fingerprint density at radius 1 is 0.571 bits per heavy atom. The zero-order valence-electron chi connectivity index (χ0n) is 24.6. The van der Waals surface area contributed by atoms with E-state index in [0.29, 0.717) is 49.2 Å². The van der Waals surface area contributed by atoms with Crippen molar-refractivity contribution in [1.29, 1.82) is 0 Å². The van der Waals surface area contributed by atoms with Gasteiger partial charge in [-0.05, 0) is 131 Å². The van der Waals surface area contributed by atoms with E-state index in [1.807, 2.05) is 24.3 Å². The van der Waals surface area contributed by atoms with Gasteiger partial charge in [0, 0.05) is 13.7 Å². The van der Waals surface area contributed by atoms with E-state index in [1.54, 1.807) is 31.4 Å². The average Bonchev–Trinajstić information content (AvgIpc) is 3.03. The van der Waals surface area contributed by atoms with E-state index in [0.717, 1.165) is 62.9 Å². The lowest BCUT2D eigenvalue weighted by Crippen LogP contribution is -2.30. The maximum absolute atomic E-state index is 12.8. The van der Waals surface area contributed by atoms with Crippen molar-refractivity contribution in [3.63, 3.8) is 0 Å². The van der Waals surface area contributed by atoms with Crippen LogP contribution in [0.5, 0.6) is 23.0 Å². The lowest BCUT2D eigenvalue weighted by molar-refractivity contribution is -0.145. The van der Waals surface area contributed by atoms with Crippen LogP contribution in [0, 0.1) is 17.8 Å². The van der Waals surface area contributed by atoms with Gasteiger partial charge < -0.3 is 28.8 Å². The molecular weight excluding hydrogens is 536 g/mol. The van der Waals surface area contributed by atoms with Crippen molar-refractivity contribution in [3.05, 3.63) is 48.5 Å². The third-order valence-electron chi connectivity index (χ3n) is 9.09. The predicted molar refractivity (Wildman–Crippen MR) is 157 cm³/mol. The number of hydrogen-bond donors (Lipinski definition) is 1. The third kappa shape index (κ3) is 8.48. The van der Waals surface area contributed by atoms with Crippen LogP contribution in [0.25, 0.3) is 0 Å². The molecule has 0 heterocycles. The molecule has 0 radical (unpaired) electrons. The fourth-order valence-corrected chi connectivity index (χ4v) is 6.34. The number of methoxy groups -OCH3 is 1. The SMILES string of the molecule is COC1CCC(Oc2ccc(OC(=O)[C@H]3CC[C@H](C(=O)Oc4ccc(OC5CCC(CO)CC5)cc4)CC3)cc2)CC1. The molecule has 228 valence electrons. The predicted octanol–water partition coefficient (Wildman–Crippen LogP) is 6.27. The molecular formula is C34H44O8. The zero-order chi connectivity index (χ0) is 29.3. The van der Waals surface area contributed by atoms with Gasteiger partial charge in [-0.3, -0.25) is 9.59 Å². The first-order valence-electron chi connectivity index (χ1n) is 15.6. The molecule has 3 aliphatic carbocycles. The molecule has 3 saturated carbocycles. The molecule has 3 fully saturated rings. The van der Waals surface area contributed by atoms with Crippen molar-refractivity contribution in [2.45, 2.75) is 95.4 Å². The number of ether oxygens (including phenoxy) is 5. The first kappa shape index (κ1) is 30.4. The monoisotopic (exact) mass is 580 g/mol. The average molecular weight is 581 g/mol. The second kappa shape index (κ2) is 14.9. The fourth-order valence-electron chi connectivity index (χ4n) is 6.34. The molecule has 0 bridgehead atoms. The molecule has 0 aliphatic heterocycles. The molecule has 3 aliphatic rings. The molecule has 42 heavy (non-hydrogen) atoms. The van der Waals surface area contributed by atoms with E-state index in [2.05, 4.69) is 0 Å². The molecule has 0 amide bonds. The van der Waals surface area contributed by atoms with Crippen LogP contribution in [0.3, 0.4) is 0 Å². The van der Waals surface area contributed by atoms with Crippen LogP contribution < -0.4 is 18.9 Å². The zero-order valence-corrected chi connectivity index (χ0v) is 24.6. The largest absolute Gasteiger partial charge is 0.490 e. The second-order valence-corrected chi connectivity index (χ2v) is 12.0. The van der Waals surface area contributed by atoms with Crippen LogP contribution in [0.1, 0.15) is 77.0 Å². The number of rotatable bonds is 10. The van der Waals surface area contributed by atoms with E-state index < -0.39 is 0 Å². The topological polar surface area (TPSA) is 101 Å². The first-order valence-corrected chi connectivity index (χ1v) is 15.6. The summed E-state index contributed by atoms with van der Waals surface area (Å²) in [5.41, 5.74) is 0. The summed E-state index contributed by atoms with van der Waals surface area (Å²) in [5.74, 6) is 1.94. The Hall–Kier alpha value is -3.10. The summed E-state index contributed by atoms with van der Waals surface area (Å²) in [6.45, 7) is 0.250. The normalized spacial score (nSPS) is 28.0. The Labute approximate surface area is 248 Å². The fraction of sp³-hybridized carbons (Fsp3) is 0.588. The molecule has 0 unspecified atom stereocenters. The molecule has 0 aromatic heterocycles. The van der Waals surface area contributed by atoms with Crippen molar-refractivity contribution in [1.82, 2.24) is 0 Å². The lowest BCUT2D eigenvalue weighted by Gasteiger charge is -2.28. The molecule has 1 N–H and O–H groups in total. The van der Waals surface area contributed by atoms with Gasteiger partial charge in [0.05, 0.1) is 30.1 Å². The number of aliphatic hydroxyl groups is 1. The van der Waals surface area contributed by atoms with Crippen LogP contribution in [-0.4, -0.2) is 49.1 Å². The first-order chi connectivity index (χ1) is 20.5. The van der Waals surface area contributed by atoms with Gasteiger partial charge in [0.15, 0.2) is 0 Å². The van der Waals surface area contributed by atoms with Crippen molar-refractivity contribution < 1.29 is 38.4 Å². The Bertz CT molecular complexity index is 1030. The van der Waals surface area contributed by atoms with Gasteiger partial charge in [0.2, 0.25) is 0 Å². The number of hydrogen-bond acceptors (Lipinski definition) is 8. The van der Waals surface area contributed by atoms with Gasteiger partial charge in [-0.2, -0.15) is 0 Å². The Balaban J connectivity index is 1.01. The van der Waals surface area contributed by atoms with E-state index >= 15 is 0 Å². The van der Waals surface area contributed by atoms with Gasteiger partial charge in [-0.15, -0.1) is 0 Å². The van der Waals surface area contributed by atoms with Gasteiger partial charge in [-0.1, -0.05) is 0 Å². The highest BCUT2D eigenvalue weighted by atomic mass is 16.5. The second-order valence-electron chi connectivity index (χ2n) is 12.0. The van der Waals surface area contributed by atoms with Crippen LogP contribution in [0.2, 0.25) is 0 Å². The van der Waals surface area contributed by atoms with Crippen molar-refractivity contribution >= 4 is 11.9 Å². The van der Waals surface area contributed by atoms with Gasteiger partial charge >= 0.3 is 11.9 Å². The molecule has 8 heteroatoms. The van der Waals surface area contributed by atoms with E-state index in [1.165, 1.54) is 0 Å². The molecule has 2 aromatic rings. The highest BCUT2D eigenvalue weighted by molar-refractivity contribution is 5.77. The molecule has 5 rings (SSSR count). The number of aliphatic hydroxyl groups excluding tert-OH is 1. The number of carbonyl (C=O) groups is 2. The minimum absolute atomic E-state index is 0.160. The van der Waals surface area contributed by atoms with Crippen molar-refractivity contribution in [3.8, 4) is 23.0 Å². The minimum Gasteiger partial charge on any atom is -0.490 e. The summed E-state index contributed by atoms with van der Waals surface area (Å²) in [5, 5.41) is 9.30. The smallest absolute Gasteiger partial charge is 0.314 e. The highest BCUT2D eigenvalue weighted by Gasteiger charge is 2.32. The maximum atomic E-state index is 12.8. The molecule has 0 atom stereocenters. The molecule has 2 aromatic carbocycles. The van der Waals surface area contributed by atoms with Crippen LogP contribution >= 0.6 is 0 Å². The minimum atomic E-state index is -0.260. The number of benzene rings is 2. The maximum Gasteiger partial charge on any atom is 0.314 e. The Morgan fingerprint density at radius 3 is 1.31 bits per heavy atom. The van der Waals surface area contributed by atoms with Crippen LogP contribution in [-0.2, 0) is 14.3 Å². The van der Waals surface area contributed by atoms with Gasteiger partial charge in [-0.25, -0.2) is 0 Å². The third-order valence-corrected chi connectivity index (χ3v) is 9.09. The highest BCUT2D eigenvalue weighted by Crippen LogP contribution is 2.33. The van der Waals surface area contributed by atoms with Crippen LogP contribution in [0.15, 0.2) is 48.5 Å². The summed E-state index contributed by atoms with van der Waals surface area (Å²) in [7, 11) is 1.76. The summed E-state index contributed by atoms with van der Waals surface area (Å²) in [6, 6.07) is 14.4. The van der Waals surface area contributed by atoms with E-state index in [-0.39, 0.29) is 42.6 Å². The van der Waals surface area contributed by atoms with Gasteiger partial charge in [0.25, 0.3) is 0 Å². The summed E-state index contributed by atoms with van der Waals surface area (Å²) < 4.78 is 28.9. The van der Waals surface area contributed by atoms with Crippen LogP contribution in [0.4, 0.5) is 0 Å². The molecule has 0 saturated heterocycles. The number of esters is 2. The number of carbonyl (C=O) groups excluding carboxylic acids is 2. The quantitative estimate of drug-likeness (QED) is 0.259. The summed E-state index contributed by atoms with van der Waals surface area (Å²) in [4.78, 5) is 25.6. The Morgan fingerprint density at radius 2 is 0.929 bits per heavy atom. The summed E-state index contributed by atoms with van der Waals surface area (Å²) in [6.07, 6.45) is 10.9. The molecule has 0 spiro atoms. The Kier molecular flexibility index (Phi) is 10.8. The van der Waals surface area contributed by atoms with Crippen molar-refractivity contribution in [2.75, 3.05) is 13.7 Å².